The van der Waals surface area contributed by atoms with Crippen molar-refractivity contribution in [2.75, 3.05) is 13.7 Å². The molecule has 1 heterocycles. The quantitative estimate of drug-likeness (QED) is 0.882. The highest BCUT2D eigenvalue weighted by atomic mass is 16.6. The maximum atomic E-state index is 13.1. The first-order valence-electron chi connectivity index (χ1n) is 9.15. The van der Waals surface area contributed by atoms with Crippen molar-refractivity contribution in [1.82, 2.24) is 10.2 Å². The van der Waals surface area contributed by atoms with Crippen LogP contribution in [0.4, 0.5) is 0 Å². The lowest BCUT2D eigenvalue weighted by Crippen LogP contribution is -2.47. The standard InChI is InChI=1S/C21H22N2O4/c1-22-20(24)15-8-6-14(7-9-15)12-23(16-10-11-16)21(25)19-13-26-17-4-2-3-5-18(17)27-19/h2-9,16,19H,10-13H2,1H3,(H,22,24)/t19-/m1/s1. The molecule has 6 nitrogen and oxygen atoms in total. The summed E-state index contributed by atoms with van der Waals surface area (Å²) in [5, 5.41) is 2.61. The molecule has 2 aromatic carbocycles. The highest BCUT2D eigenvalue weighted by molar-refractivity contribution is 5.94. The lowest BCUT2D eigenvalue weighted by Gasteiger charge is -2.31. The van der Waals surface area contributed by atoms with Gasteiger partial charge in [-0.1, -0.05) is 24.3 Å². The minimum Gasteiger partial charge on any atom is -0.485 e. The second-order valence-corrected chi connectivity index (χ2v) is 6.84. The maximum Gasteiger partial charge on any atom is 0.267 e. The first-order valence-corrected chi connectivity index (χ1v) is 9.15. The van der Waals surface area contributed by atoms with Crippen LogP contribution in [-0.4, -0.2) is 42.5 Å². The summed E-state index contributed by atoms with van der Waals surface area (Å²) in [6.45, 7) is 0.716. The van der Waals surface area contributed by atoms with Gasteiger partial charge in [0.05, 0.1) is 0 Å². The summed E-state index contributed by atoms with van der Waals surface area (Å²) >= 11 is 0. The van der Waals surface area contributed by atoms with Crippen molar-refractivity contribution in [3.05, 3.63) is 59.7 Å². The molecule has 0 spiro atoms. The van der Waals surface area contributed by atoms with Gasteiger partial charge < -0.3 is 19.7 Å². The molecule has 6 heteroatoms. The van der Waals surface area contributed by atoms with E-state index in [4.69, 9.17) is 9.47 Å². The SMILES string of the molecule is CNC(=O)c1ccc(CN(C(=O)[C@H]2COc3ccccc3O2)C2CC2)cc1. The van der Waals surface area contributed by atoms with Crippen LogP contribution in [0.5, 0.6) is 11.5 Å². The van der Waals surface area contributed by atoms with Crippen LogP contribution in [0.3, 0.4) is 0 Å². The predicted octanol–water partition coefficient (Wildman–Crippen LogP) is 2.38. The zero-order valence-corrected chi connectivity index (χ0v) is 15.2. The Labute approximate surface area is 158 Å². The van der Waals surface area contributed by atoms with E-state index in [0.29, 0.717) is 23.6 Å². The van der Waals surface area contributed by atoms with Crippen LogP contribution in [0.2, 0.25) is 0 Å². The van der Waals surface area contributed by atoms with Crippen molar-refractivity contribution < 1.29 is 19.1 Å². The number of benzene rings is 2. The van der Waals surface area contributed by atoms with E-state index >= 15 is 0 Å². The molecule has 0 unspecified atom stereocenters. The van der Waals surface area contributed by atoms with Gasteiger partial charge in [-0.3, -0.25) is 9.59 Å². The molecule has 1 N–H and O–H groups in total. The third-order valence-electron chi connectivity index (χ3n) is 4.85. The number of fused-ring (bicyclic) bond motifs is 1. The van der Waals surface area contributed by atoms with Gasteiger partial charge in [0.25, 0.3) is 11.8 Å². The highest BCUT2D eigenvalue weighted by Crippen LogP contribution is 2.34. The smallest absolute Gasteiger partial charge is 0.267 e. The van der Waals surface area contributed by atoms with Crippen LogP contribution >= 0.6 is 0 Å². The zero-order chi connectivity index (χ0) is 18.8. The van der Waals surface area contributed by atoms with Gasteiger partial charge in [-0.2, -0.15) is 0 Å². The number of hydrogen-bond donors (Lipinski definition) is 1. The summed E-state index contributed by atoms with van der Waals surface area (Å²) in [6, 6.07) is 15.0. The van der Waals surface area contributed by atoms with E-state index in [9.17, 15) is 9.59 Å². The van der Waals surface area contributed by atoms with Crippen molar-refractivity contribution in [2.24, 2.45) is 0 Å². The van der Waals surface area contributed by atoms with E-state index in [1.165, 1.54) is 0 Å². The zero-order valence-electron chi connectivity index (χ0n) is 15.2. The largest absolute Gasteiger partial charge is 0.485 e. The minimum absolute atomic E-state index is 0.0534. The summed E-state index contributed by atoms with van der Waals surface area (Å²) in [5.74, 6) is 1.10. The Morgan fingerprint density at radius 3 is 2.44 bits per heavy atom. The molecule has 1 atom stereocenters. The van der Waals surface area contributed by atoms with Gasteiger partial charge in [0.15, 0.2) is 11.5 Å². The van der Waals surface area contributed by atoms with Crippen molar-refractivity contribution in [1.29, 1.82) is 0 Å². The lowest BCUT2D eigenvalue weighted by molar-refractivity contribution is -0.142. The van der Waals surface area contributed by atoms with Crippen LogP contribution in [-0.2, 0) is 11.3 Å². The van der Waals surface area contributed by atoms with Crippen LogP contribution in [0.1, 0.15) is 28.8 Å². The number of hydrogen-bond acceptors (Lipinski definition) is 4. The van der Waals surface area contributed by atoms with E-state index in [-0.39, 0.29) is 24.5 Å². The molecule has 1 fully saturated rings. The fourth-order valence-corrected chi connectivity index (χ4v) is 3.20. The van der Waals surface area contributed by atoms with Crippen LogP contribution < -0.4 is 14.8 Å². The van der Waals surface area contributed by atoms with E-state index in [1.54, 1.807) is 19.2 Å². The molecule has 27 heavy (non-hydrogen) atoms. The second-order valence-electron chi connectivity index (χ2n) is 6.84. The fourth-order valence-electron chi connectivity index (χ4n) is 3.20. The molecule has 1 aliphatic heterocycles. The number of para-hydroxylation sites is 2. The molecular weight excluding hydrogens is 344 g/mol. The molecule has 0 saturated heterocycles. The Balaban J connectivity index is 1.47. The summed E-state index contributed by atoms with van der Waals surface area (Å²) < 4.78 is 11.6. The third kappa shape index (κ3) is 3.74. The monoisotopic (exact) mass is 366 g/mol. The summed E-state index contributed by atoms with van der Waals surface area (Å²) in [6.07, 6.45) is 1.38. The van der Waals surface area contributed by atoms with Gasteiger partial charge in [0.1, 0.15) is 6.61 Å². The molecule has 0 aromatic heterocycles. The summed E-state index contributed by atoms with van der Waals surface area (Å²) in [4.78, 5) is 26.6. The van der Waals surface area contributed by atoms with Crippen molar-refractivity contribution in [2.45, 2.75) is 31.5 Å². The third-order valence-corrected chi connectivity index (χ3v) is 4.85. The number of carbonyl (C=O) groups excluding carboxylic acids is 2. The van der Waals surface area contributed by atoms with Crippen LogP contribution in [0.15, 0.2) is 48.5 Å². The average Bonchev–Trinajstić information content (AvgIpc) is 3.56. The van der Waals surface area contributed by atoms with Crippen molar-refractivity contribution in [3.8, 4) is 11.5 Å². The Morgan fingerprint density at radius 1 is 1.07 bits per heavy atom. The number of nitrogens with zero attached hydrogens (tertiary/aromatic N) is 1. The van der Waals surface area contributed by atoms with Gasteiger partial charge in [0, 0.05) is 25.2 Å². The average molecular weight is 366 g/mol. The van der Waals surface area contributed by atoms with E-state index in [1.807, 2.05) is 41.3 Å². The Morgan fingerprint density at radius 2 is 1.78 bits per heavy atom. The number of carbonyl (C=O) groups is 2. The number of nitrogens with one attached hydrogen (secondary N) is 1. The molecule has 0 radical (unpaired) electrons. The van der Waals surface area contributed by atoms with Gasteiger partial charge >= 0.3 is 0 Å². The molecule has 1 saturated carbocycles. The van der Waals surface area contributed by atoms with Gasteiger partial charge in [-0.25, -0.2) is 0 Å². The Bertz CT molecular complexity index is 846. The molecule has 2 aliphatic rings. The molecule has 4 rings (SSSR count). The van der Waals surface area contributed by atoms with Crippen LogP contribution in [0.25, 0.3) is 0 Å². The molecule has 2 aromatic rings. The highest BCUT2D eigenvalue weighted by Gasteiger charge is 2.38. The van der Waals surface area contributed by atoms with Crippen molar-refractivity contribution >= 4 is 11.8 Å². The molecule has 1 aliphatic carbocycles. The van der Waals surface area contributed by atoms with Crippen LogP contribution in [0, 0.1) is 0 Å². The normalized spacial score (nSPS) is 17.9. The lowest BCUT2D eigenvalue weighted by atomic mass is 10.1. The van der Waals surface area contributed by atoms with E-state index in [2.05, 4.69) is 5.32 Å². The summed E-state index contributed by atoms with van der Waals surface area (Å²) in [7, 11) is 1.61. The van der Waals surface area contributed by atoms with Crippen molar-refractivity contribution in [3.63, 3.8) is 0 Å². The Kier molecular flexibility index (Phi) is 4.71. The predicted molar refractivity (Wildman–Crippen MR) is 99.8 cm³/mol. The molecule has 140 valence electrons. The summed E-state index contributed by atoms with van der Waals surface area (Å²) in [5.41, 5.74) is 1.59. The molecule has 2 amide bonds. The van der Waals surface area contributed by atoms with Gasteiger partial charge in [0.2, 0.25) is 6.10 Å². The first kappa shape index (κ1) is 17.4. The van der Waals surface area contributed by atoms with Gasteiger partial charge in [-0.15, -0.1) is 0 Å². The Hall–Kier alpha value is -3.02. The molecule has 0 bridgehead atoms. The minimum atomic E-state index is -0.634. The maximum absolute atomic E-state index is 13.1. The number of ether oxygens (including phenoxy) is 2. The number of amides is 2. The molecular formula is C21H22N2O4. The van der Waals surface area contributed by atoms with E-state index < -0.39 is 6.10 Å². The topological polar surface area (TPSA) is 67.9 Å². The van der Waals surface area contributed by atoms with E-state index in [0.717, 1.165) is 18.4 Å². The fraction of sp³-hybridized carbons (Fsp3) is 0.333. The number of rotatable bonds is 5. The second kappa shape index (κ2) is 7.31. The van der Waals surface area contributed by atoms with Gasteiger partial charge in [-0.05, 0) is 42.7 Å². The first-order chi connectivity index (χ1) is 13.2.